The van der Waals surface area contributed by atoms with Gasteiger partial charge in [0.15, 0.2) is 11.5 Å². The van der Waals surface area contributed by atoms with Gasteiger partial charge in [-0.25, -0.2) is 0 Å². The van der Waals surface area contributed by atoms with Crippen LogP contribution < -0.4 is 35.5 Å². The Bertz CT molecular complexity index is 1680. The summed E-state index contributed by atoms with van der Waals surface area (Å²) in [5.74, 6) is 0.0431. The molecule has 0 radical (unpaired) electrons. The Morgan fingerprint density at radius 1 is 0.880 bits per heavy atom. The molecule has 5 rings (SSSR count). The molecular formula is C37H46ClN5O7. The lowest BCUT2D eigenvalue weighted by Crippen LogP contribution is -2.55. The Morgan fingerprint density at radius 2 is 1.64 bits per heavy atom. The van der Waals surface area contributed by atoms with Gasteiger partial charge in [0.2, 0.25) is 17.7 Å². The summed E-state index contributed by atoms with van der Waals surface area (Å²) in [4.78, 5) is 55.6. The van der Waals surface area contributed by atoms with E-state index in [1.807, 2.05) is 38.1 Å². The number of methoxy groups -OCH3 is 2. The van der Waals surface area contributed by atoms with Gasteiger partial charge in [0.1, 0.15) is 17.5 Å². The second-order valence-corrected chi connectivity index (χ2v) is 12.5. The molecule has 268 valence electrons. The highest BCUT2D eigenvalue weighted by Gasteiger charge is 2.31. The number of benzene rings is 3. The minimum Gasteiger partial charge on any atom is -0.496 e. The van der Waals surface area contributed by atoms with E-state index in [4.69, 9.17) is 14.2 Å². The summed E-state index contributed by atoms with van der Waals surface area (Å²) in [6.07, 6.45) is 1.63. The number of ether oxygens (including phenoxy) is 3. The number of carbonyl (C=O) groups is 4. The highest BCUT2D eigenvalue weighted by molar-refractivity contribution is 5.95. The second-order valence-electron chi connectivity index (χ2n) is 12.5. The van der Waals surface area contributed by atoms with Gasteiger partial charge in [0.05, 0.1) is 38.9 Å². The third-order valence-electron chi connectivity index (χ3n) is 8.83. The maximum atomic E-state index is 13.9. The average molecular weight is 708 g/mol. The van der Waals surface area contributed by atoms with E-state index in [1.165, 1.54) is 14.2 Å². The lowest BCUT2D eigenvalue weighted by molar-refractivity contribution is -0.139. The van der Waals surface area contributed by atoms with Crippen molar-refractivity contribution in [2.75, 3.05) is 33.9 Å². The van der Waals surface area contributed by atoms with Crippen LogP contribution in [0.2, 0.25) is 0 Å². The molecule has 2 aliphatic rings. The van der Waals surface area contributed by atoms with Gasteiger partial charge < -0.3 is 40.4 Å². The lowest BCUT2D eigenvalue weighted by atomic mass is 9.95. The highest BCUT2D eigenvalue weighted by Crippen LogP contribution is 2.37. The van der Waals surface area contributed by atoms with Crippen LogP contribution in [0.25, 0.3) is 0 Å². The molecule has 0 unspecified atom stereocenters. The number of carbonyl (C=O) groups excluding carboxylic acids is 4. The Hall–Kier alpha value is -4.81. The molecule has 0 saturated heterocycles. The number of nitrogens with one attached hydrogen (secondary N) is 4. The molecule has 0 saturated carbocycles. The van der Waals surface area contributed by atoms with Gasteiger partial charge in [0.25, 0.3) is 5.91 Å². The molecule has 13 heteroatoms. The third-order valence-corrected chi connectivity index (χ3v) is 8.83. The Kier molecular flexibility index (Phi) is 13.5. The monoisotopic (exact) mass is 707 g/mol. The van der Waals surface area contributed by atoms with Crippen molar-refractivity contribution in [1.82, 2.24) is 26.2 Å². The van der Waals surface area contributed by atoms with Crippen LogP contribution in [0.15, 0.2) is 60.7 Å². The second kappa shape index (κ2) is 17.7. The first-order valence-electron chi connectivity index (χ1n) is 16.6. The van der Waals surface area contributed by atoms with Gasteiger partial charge in [-0.05, 0) is 66.6 Å². The molecule has 0 aromatic heterocycles. The zero-order valence-corrected chi connectivity index (χ0v) is 29.7. The van der Waals surface area contributed by atoms with E-state index in [0.717, 1.165) is 11.1 Å². The van der Waals surface area contributed by atoms with Crippen LogP contribution in [-0.4, -0.2) is 74.5 Å². The normalized spacial score (nSPS) is 18.9. The number of nitrogens with zero attached hydrogens (tertiary/aromatic N) is 1. The van der Waals surface area contributed by atoms with Gasteiger partial charge in [-0.2, -0.15) is 0 Å². The summed E-state index contributed by atoms with van der Waals surface area (Å²) in [5.41, 5.74) is 3.17. The third kappa shape index (κ3) is 9.25. The summed E-state index contributed by atoms with van der Waals surface area (Å²) < 4.78 is 17.4. The minimum absolute atomic E-state index is 0. The summed E-state index contributed by atoms with van der Waals surface area (Å²) in [7, 11) is 3.03. The fourth-order valence-electron chi connectivity index (χ4n) is 6.08. The lowest BCUT2D eigenvalue weighted by Gasteiger charge is -2.31. The number of hydrogen-bond donors (Lipinski definition) is 4. The molecule has 50 heavy (non-hydrogen) atoms. The number of hydrogen-bond acceptors (Lipinski definition) is 8. The Morgan fingerprint density at radius 3 is 2.38 bits per heavy atom. The van der Waals surface area contributed by atoms with Gasteiger partial charge in [-0.3, -0.25) is 19.2 Å². The van der Waals surface area contributed by atoms with Crippen molar-refractivity contribution in [3.05, 3.63) is 82.9 Å². The van der Waals surface area contributed by atoms with Crippen molar-refractivity contribution in [2.45, 2.75) is 58.3 Å². The van der Waals surface area contributed by atoms with Gasteiger partial charge in [-0.1, -0.05) is 44.2 Å². The molecule has 2 bridgehead atoms. The largest absolute Gasteiger partial charge is 0.496 e. The van der Waals surface area contributed by atoms with Crippen molar-refractivity contribution in [3.8, 4) is 23.0 Å². The molecule has 0 spiro atoms. The van der Waals surface area contributed by atoms with E-state index >= 15 is 0 Å². The molecule has 0 aliphatic carbocycles. The van der Waals surface area contributed by atoms with Crippen LogP contribution in [0.1, 0.15) is 53.7 Å². The standard InChI is InChI=1S/C37H45N5O7.ClH/c1-23(2)34-36(45)40-21-27-29(47-3)12-9-13-30(27)49-32-19-25(14-15-31(32)48-4)35(44)38-16-7-8-17-42(22-33(43)41-34)37(46)28-18-24-10-5-6-11-26(24)20-39-28;/h5-6,9-15,19,23,28,34,39H,7-8,16-18,20-22H2,1-4H3,(H,38,44)(H,40,45)(H,41,43);1H/t28-,34-;/m1./s1. The molecule has 2 heterocycles. The maximum absolute atomic E-state index is 13.9. The highest BCUT2D eigenvalue weighted by atomic mass is 35.5. The first-order valence-corrected chi connectivity index (χ1v) is 16.6. The smallest absolute Gasteiger partial charge is 0.251 e. The fourth-order valence-corrected chi connectivity index (χ4v) is 6.08. The van der Waals surface area contributed by atoms with Crippen molar-refractivity contribution in [2.24, 2.45) is 5.92 Å². The summed E-state index contributed by atoms with van der Waals surface area (Å²) in [6, 6.07) is 16.8. The van der Waals surface area contributed by atoms with Gasteiger partial charge in [0, 0.05) is 25.2 Å². The van der Waals surface area contributed by atoms with E-state index in [-0.39, 0.29) is 43.2 Å². The molecule has 4 amide bonds. The van der Waals surface area contributed by atoms with Gasteiger partial charge in [-0.15, -0.1) is 12.4 Å². The first kappa shape index (κ1) is 38.0. The summed E-state index contributed by atoms with van der Waals surface area (Å²) in [6.45, 7) is 4.73. The molecule has 2 aliphatic heterocycles. The fraction of sp³-hybridized carbons (Fsp3) is 0.405. The van der Waals surface area contributed by atoms with Gasteiger partial charge >= 0.3 is 0 Å². The van der Waals surface area contributed by atoms with E-state index in [2.05, 4.69) is 21.3 Å². The van der Waals surface area contributed by atoms with Crippen LogP contribution in [-0.2, 0) is 33.9 Å². The predicted molar refractivity (Wildman–Crippen MR) is 191 cm³/mol. The molecule has 12 nitrogen and oxygen atoms in total. The average Bonchev–Trinajstić information content (AvgIpc) is 3.11. The molecule has 4 N–H and O–H groups in total. The van der Waals surface area contributed by atoms with Crippen molar-refractivity contribution < 1.29 is 33.4 Å². The quantitative estimate of drug-likeness (QED) is 0.321. The van der Waals surface area contributed by atoms with Crippen LogP contribution >= 0.6 is 12.4 Å². The Labute approximate surface area is 299 Å². The number of rotatable bonds is 4. The SMILES string of the molecule is COc1ccc2cc1Oc1cccc(OC)c1CNC(=O)[C@@H](C(C)C)NC(=O)CN(C(=O)[C@H]1Cc3ccccc3CN1)CCCCNC2=O.Cl. The first-order chi connectivity index (χ1) is 23.7. The summed E-state index contributed by atoms with van der Waals surface area (Å²) >= 11 is 0. The predicted octanol–water partition coefficient (Wildman–Crippen LogP) is 3.74. The summed E-state index contributed by atoms with van der Waals surface area (Å²) in [5, 5.41) is 12.1. The van der Waals surface area contributed by atoms with Crippen molar-refractivity contribution in [3.63, 3.8) is 0 Å². The van der Waals surface area contributed by atoms with E-state index in [9.17, 15) is 19.2 Å². The molecule has 0 fully saturated rings. The molecule has 3 aromatic carbocycles. The topological polar surface area (TPSA) is 147 Å². The zero-order chi connectivity index (χ0) is 34.9. The van der Waals surface area contributed by atoms with Crippen LogP contribution in [0, 0.1) is 5.92 Å². The number of halogens is 1. The van der Waals surface area contributed by atoms with Crippen LogP contribution in [0.3, 0.4) is 0 Å². The van der Waals surface area contributed by atoms with Crippen LogP contribution in [0.5, 0.6) is 23.0 Å². The molecule has 3 aromatic rings. The molecular weight excluding hydrogens is 662 g/mol. The Balaban J connectivity index is 0.00000562. The minimum atomic E-state index is -0.860. The van der Waals surface area contributed by atoms with E-state index in [1.54, 1.807) is 41.3 Å². The van der Waals surface area contributed by atoms with Crippen molar-refractivity contribution >= 4 is 36.0 Å². The maximum Gasteiger partial charge on any atom is 0.251 e. The van der Waals surface area contributed by atoms with Crippen LogP contribution in [0.4, 0.5) is 0 Å². The van der Waals surface area contributed by atoms with E-state index < -0.39 is 23.9 Å². The molecule has 2 atom stereocenters. The van der Waals surface area contributed by atoms with Crippen molar-refractivity contribution in [1.29, 1.82) is 0 Å². The number of fused-ring (bicyclic) bond motifs is 4. The number of amides is 4. The zero-order valence-electron chi connectivity index (χ0n) is 28.9. The van der Waals surface area contributed by atoms with E-state index in [0.29, 0.717) is 73.0 Å².